The molecule has 0 amide bonds. The van der Waals surface area contributed by atoms with Gasteiger partial charge in [-0.1, -0.05) is 19.8 Å². The summed E-state index contributed by atoms with van der Waals surface area (Å²) in [7, 11) is 0. The van der Waals surface area contributed by atoms with E-state index in [0.29, 0.717) is 12.3 Å². The lowest BCUT2D eigenvalue weighted by Crippen LogP contribution is -2.04. The van der Waals surface area contributed by atoms with Gasteiger partial charge in [0.15, 0.2) is 0 Å². The highest BCUT2D eigenvalue weighted by molar-refractivity contribution is 5.75. The van der Waals surface area contributed by atoms with Crippen LogP contribution in [0.3, 0.4) is 0 Å². The lowest BCUT2D eigenvalue weighted by Gasteiger charge is -2.09. The maximum atomic E-state index is 10.7. The number of aliphatic hydroxyl groups is 1. The zero-order valence-corrected chi connectivity index (χ0v) is 8.34. The third-order valence-corrected chi connectivity index (χ3v) is 1.95. The number of carbonyl (C=O) groups is 1. The van der Waals surface area contributed by atoms with Crippen LogP contribution in [0.4, 0.5) is 0 Å². The van der Waals surface area contributed by atoms with Gasteiger partial charge in [-0.25, -0.2) is 0 Å². The molecule has 0 radical (unpaired) electrons. The minimum Gasteiger partial charge on any atom is -0.393 e. The summed E-state index contributed by atoms with van der Waals surface area (Å²) in [5.41, 5.74) is 0. The molecule has 0 saturated heterocycles. The molecule has 12 heavy (non-hydrogen) atoms. The van der Waals surface area contributed by atoms with E-state index in [-0.39, 0.29) is 11.9 Å². The van der Waals surface area contributed by atoms with Crippen molar-refractivity contribution >= 4 is 5.78 Å². The smallest absolute Gasteiger partial charge is 0.130 e. The van der Waals surface area contributed by atoms with E-state index in [4.69, 9.17) is 5.11 Å². The summed E-state index contributed by atoms with van der Waals surface area (Å²) >= 11 is 0. The molecule has 0 aromatic carbocycles. The molecule has 72 valence electrons. The number of ketones is 1. The number of Topliss-reactive ketones (excluding diaryl/α,β-unsaturated/α-hetero) is 1. The van der Waals surface area contributed by atoms with Crippen LogP contribution in [0.2, 0.25) is 0 Å². The Morgan fingerprint density at radius 3 is 2.33 bits per heavy atom. The molecule has 2 atom stereocenters. The maximum Gasteiger partial charge on any atom is 0.130 e. The summed E-state index contributed by atoms with van der Waals surface area (Å²) in [5, 5.41) is 8.98. The van der Waals surface area contributed by atoms with E-state index in [1.807, 2.05) is 0 Å². The summed E-state index contributed by atoms with van der Waals surface area (Å²) < 4.78 is 0. The predicted molar refractivity (Wildman–Crippen MR) is 50.0 cm³/mol. The number of carbonyl (C=O) groups excluding carboxylic acids is 1. The van der Waals surface area contributed by atoms with Crippen LogP contribution in [0.15, 0.2) is 0 Å². The van der Waals surface area contributed by atoms with Crippen LogP contribution in [-0.4, -0.2) is 17.0 Å². The Kier molecular flexibility index (Phi) is 5.99. The molecule has 0 aromatic heterocycles. The molecule has 2 unspecified atom stereocenters. The molecule has 0 saturated carbocycles. The highest BCUT2D eigenvalue weighted by Crippen LogP contribution is 2.13. The summed E-state index contributed by atoms with van der Waals surface area (Å²) in [6.45, 7) is 5.52. The average Bonchev–Trinajstić information content (AvgIpc) is 1.84. The first-order chi connectivity index (χ1) is 5.52. The van der Waals surface area contributed by atoms with Gasteiger partial charge in [-0.15, -0.1) is 0 Å². The Labute approximate surface area is 75.0 Å². The Morgan fingerprint density at radius 2 is 1.92 bits per heavy atom. The molecule has 0 heterocycles. The monoisotopic (exact) mass is 172 g/mol. The van der Waals surface area contributed by atoms with Crippen LogP contribution < -0.4 is 0 Å². The molecule has 0 aromatic rings. The third kappa shape index (κ3) is 7.73. The molecule has 0 fully saturated rings. The normalized spacial score (nSPS) is 15.7. The van der Waals surface area contributed by atoms with Gasteiger partial charge in [-0.2, -0.15) is 0 Å². The number of hydrogen-bond acceptors (Lipinski definition) is 2. The van der Waals surface area contributed by atoms with Crippen molar-refractivity contribution in [1.29, 1.82) is 0 Å². The topological polar surface area (TPSA) is 37.3 Å². The fraction of sp³-hybridized carbons (Fsp3) is 0.900. The van der Waals surface area contributed by atoms with Crippen molar-refractivity contribution in [3.63, 3.8) is 0 Å². The lowest BCUT2D eigenvalue weighted by molar-refractivity contribution is -0.117. The first kappa shape index (κ1) is 11.6. The molecule has 0 spiro atoms. The Hall–Kier alpha value is -0.370. The van der Waals surface area contributed by atoms with E-state index < -0.39 is 0 Å². The summed E-state index contributed by atoms with van der Waals surface area (Å²) in [4.78, 5) is 10.7. The Morgan fingerprint density at radius 1 is 1.33 bits per heavy atom. The second kappa shape index (κ2) is 6.18. The van der Waals surface area contributed by atoms with Gasteiger partial charge >= 0.3 is 0 Å². The minimum absolute atomic E-state index is 0.200. The third-order valence-electron chi connectivity index (χ3n) is 1.95. The highest BCUT2D eigenvalue weighted by atomic mass is 16.3. The Balaban J connectivity index is 3.31. The van der Waals surface area contributed by atoms with Crippen molar-refractivity contribution in [2.75, 3.05) is 0 Å². The van der Waals surface area contributed by atoms with Crippen molar-refractivity contribution in [1.82, 2.24) is 0 Å². The number of rotatable bonds is 6. The summed E-state index contributed by atoms with van der Waals surface area (Å²) in [6.07, 6.45) is 3.40. The standard InChI is InChI=1S/C10H20O2/c1-8(7-10(3)12)5-4-6-9(2)11/h8-9,11H,4-7H2,1-3H3. The first-order valence-electron chi connectivity index (χ1n) is 4.70. The van der Waals surface area contributed by atoms with Crippen molar-refractivity contribution in [3.05, 3.63) is 0 Å². The predicted octanol–water partition coefficient (Wildman–Crippen LogP) is 2.15. The van der Waals surface area contributed by atoms with Gasteiger partial charge in [0.1, 0.15) is 5.78 Å². The van der Waals surface area contributed by atoms with Crippen LogP contribution in [0.5, 0.6) is 0 Å². The van der Waals surface area contributed by atoms with Crippen molar-refractivity contribution in [2.24, 2.45) is 5.92 Å². The number of aliphatic hydroxyl groups excluding tert-OH is 1. The van der Waals surface area contributed by atoms with Crippen LogP contribution in [0.25, 0.3) is 0 Å². The van der Waals surface area contributed by atoms with Crippen LogP contribution in [-0.2, 0) is 4.79 Å². The molecule has 0 aliphatic rings. The van der Waals surface area contributed by atoms with Crippen molar-refractivity contribution in [2.45, 2.75) is 52.6 Å². The summed E-state index contributed by atoms with van der Waals surface area (Å²) in [5.74, 6) is 0.737. The van der Waals surface area contributed by atoms with Gasteiger partial charge in [0.25, 0.3) is 0 Å². The molecular formula is C10H20O2. The quantitative estimate of drug-likeness (QED) is 0.666. The van der Waals surface area contributed by atoms with Gasteiger partial charge in [0, 0.05) is 6.42 Å². The van der Waals surface area contributed by atoms with Gasteiger partial charge in [-0.3, -0.25) is 0 Å². The molecule has 0 rings (SSSR count). The van der Waals surface area contributed by atoms with Gasteiger partial charge in [-0.05, 0) is 26.2 Å². The van der Waals surface area contributed by atoms with E-state index >= 15 is 0 Å². The zero-order chi connectivity index (χ0) is 9.56. The molecule has 1 N–H and O–H groups in total. The molecule has 0 aliphatic carbocycles. The molecular weight excluding hydrogens is 152 g/mol. The largest absolute Gasteiger partial charge is 0.393 e. The van der Waals surface area contributed by atoms with Crippen LogP contribution in [0, 0.1) is 5.92 Å². The highest BCUT2D eigenvalue weighted by Gasteiger charge is 2.05. The van der Waals surface area contributed by atoms with E-state index in [1.165, 1.54) is 0 Å². The zero-order valence-electron chi connectivity index (χ0n) is 8.34. The fourth-order valence-corrected chi connectivity index (χ4v) is 1.35. The molecule has 2 nitrogen and oxygen atoms in total. The van der Waals surface area contributed by atoms with E-state index in [0.717, 1.165) is 19.3 Å². The van der Waals surface area contributed by atoms with Gasteiger partial charge in [0.05, 0.1) is 6.10 Å². The lowest BCUT2D eigenvalue weighted by atomic mass is 9.98. The Bertz CT molecular complexity index is 130. The molecule has 0 bridgehead atoms. The first-order valence-corrected chi connectivity index (χ1v) is 4.70. The van der Waals surface area contributed by atoms with Crippen molar-refractivity contribution < 1.29 is 9.90 Å². The van der Waals surface area contributed by atoms with E-state index in [1.54, 1.807) is 13.8 Å². The van der Waals surface area contributed by atoms with Crippen LogP contribution in [0.1, 0.15) is 46.5 Å². The van der Waals surface area contributed by atoms with Gasteiger partial charge in [0.2, 0.25) is 0 Å². The molecule has 0 aliphatic heterocycles. The minimum atomic E-state index is -0.200. The SMILES string of the molecule is CC(=O)CC(C)CCCC(C)O. The average molecular weight is 172 g/mol. The molecule has 2 heteroatoms. The second-order valence-electron chi connectivity index (χ2n) is 3.79. The van der Waals surface area contributed by atoms with Crippen LogP contribution >= 0.6 is 0 Å². The second-order valence-corrected chi connectivity index (χ2v) is 3.79. The van der Waals surface area contributed by atoms with E-state index in [2.05, 4.69) is 6.92 Å². The summed E-state index contributed by atoms with van der Waals surface area (Å²) in [6, 6.07) is 0. The van der Waals surface area contributed by atoms with Gasteiger partial charge < -0.3 is 9.90 Å². The van der Waals surface area contributed by atoms with Crippen molar-refractivity contribution in [3.8, 4) is 0 Å². The maximum absolute atomic E-state index is 10.7. The number of hydrogen-bond donors (Lipinski definition) is 1. The fourth-order valence-electron chi connectivity index (χ4n) is 1.35. The van der Waals surface area contributed by atoms with E-state index in [9.17, 15) is 4.79 Å².